The van der Waals surface area contributed by atoms with E-state index in [1.165, 1.54) is 24.3 Å². The molecule has 4 heterocycles. The van der Waals surface area contributed by atoms with Gasteiger partial charge in [-0.3, -0.25) is 9.13 Å². The quantitative estimate of drug-likeness (QED) is 0.101. The van der Waals surface area contributed by atoms with Gasteiger partial charge >= 0.3 is 0 Å². The first-order chi connectivity index (χ1) is 54.8. The lowest BCUT2D eigenvalue weighted by Crippen LogP contribution is -2.74. The van der Waals surface area contributed by atoms with E-state index in [2.05, 4.69) is 0 Å². The van der Waals surface area contributed by atoms with E-state index in [4.69, 9.17) is 26.4 Å². The molecule has 0 unspecified atom stereocenters. The number of hydrogen-bond donors (Lipinski definition) is 0. The average Bonchev–Trinajstić information content (AvgIpc) is 1.46. The Labute approximate surface area is 523 Å². The van der Waals surface area contributed by atoms with E-state index in [0.29, 0.717) is 5.19 Å². The number of rotatable bonds is 10. The molecule has 16 rings (SSSR count). The maximum absolute atomic E-state index is 9.89. The zero-order valence-corrected chi connectivity index (χ0v) is 43.1. The van der Waals surface area contributed by atoms with E-state index in [1.807, 2.05) is 0 Å². The molecule has 16 aromatic rings. The summed E-state index contributed by atoms with van der Waals surface area (Å²) in [6.07, 6.45) is 0. The number of benzene rings is 12. The van der Waals surface area contributed by atoms with Crippen LogP contribution in [-0.4, -0.2) is 31.7 Å². The van der Waals surface area contributed by atoms with E-state index >= 15 is 0 Å². The average molecular weight is 1100 g/mol. The molecule has 0 spiro atoms. The van der Waals surface area contributed by atoms with Crippen molar-refractivity contribution in [3.63, 3.8) is 0 Å². The van der Waals surface area contributed by atoms with Gasteiger partial charge < -0.3 is 4.57 Å². The van der Waals surface area contributed by atoms with Gasteiger partial charge in [0.15, 0.2) is 8.07 Å². The third-order valence-electron chi connectivity index (χ3n) is 14.5. The second kappa shape index (κ2) is 19.3. The number of aromatic nitrogens is 5. The lowest BCUT2D eigenvalue weighted by molar-refractivity contribution is 0.951. The highest BCUT2D eigenvalue weighted by molar-refractivity contribution is 7.20. The molecule has 384 valence electrons. The minimum Gasteiger partial charge on any atom is -0.309 e. The van der Waals surface area contributed by atoms with Gasteiger partial charge in [0.25, 0.3) is 0 Å². The van der Waals surface area contributed by atoms with Gasteiger partial charge in [0.1, 0.15) is 5.82 Å². The molecule has 0 aliphatic heterocycles. The molecule has 0 saturated heterocycles. The van der Waals surface area contributed by atoms with E-state index in [9.17, 15) is 30.2 Å². The topological polar surface area (TPSA) is 40.6 Å². The third kappa shape index (κ3) is 7.46. The molecule has 0 radical (unpaired) electrons. The Morgan fingerprint density at radius 2 is 0.683 bits per heavy atom. The van der Waals surface area contributed by atoms with Crippen LogP contribution in [0.2, 0.25) is 0 Å². The summed E-state index contributed by atoms with van der Waals surface area (Å²) in [6, 6.07) is -0.603. The summed E-state index contributed by atoms with van der Waals surface area (Å²) in [5, 5.41) is -1.75. The van der Waals surface area contributed by atoms with Gasteiger partial charge in [-0.15, -0.1) is 0 Å². The molecule has 0 atom stereocenters. The smallest absolute Gasteiger partial charge is 0.237 e. The molecule has 0 aliphatic carbocycles. The summed E-state index contributed by atoms with van der Waals surface area (Å²) in [7, 11) is -4.76. The predicted octanol–water partition coefficient (Wildman–Crippen LogP) is 16.1. The third-order valence-corrected chi connectivity index (χ3v) is 19.3. The normalized spacial score (nSPS) is 17.7. The Hall–Kier alpha value is -10.7. The van der Waals surface area contributed by atoms with Crippen molar-refractivity contribution in [3.05, 3.63) is 309 Å². The summed E-state index contributed by atoms with van der Waals surface area (Å²) in [6.45, 7) is 0. The maximum Gasteiger partial charge on any atom is 0.237 e. The first-order valence-electron chi connectivity index (χ1n) is 42.3. The van der Waals surface area contributed by atoms with E-state index in [0.717, 1.165) is 19.8 Å². The van der Waals surface area contributed by atoms with Crippen molar-refractivity contribution in [1.82, 2.24) is 23.7 Å². The van der Waals surface area contributed by atoms with Crippen molar-refractivity contribution in [2.24, 2.45) is 0 Å². The van der Waals surface area contributed by atoms with E-state index in [1.54, 1.807) is 72.8 Å². The fourth-order valence-corrected chi connectivity index (χ4v) is 16.0. The maximum atomic E-state index is 9.89. The summed E-state index contributed by atoms with van der Waals surface area (Å²) in [5.41, 5.74) is -4.96. The molecule has 4 aromatic heterocycles. The second-order valence-electron chi connectivity index (χ2n) is 18.8. The molecule has 0 aliphatic rings. The summed E-state index contributed by atoms with van der Waals surface area (Å²) >= 11 is 0. The molecule has 0 bridgehead atoms. The van der Waals surface area contributed by atoms with Gasteiger partial charge in [-0.25, -0.2) is 4.98 Å². The van der Waals surface area contributed by atoms with Crippen LogP contribution in [0, 0.1) is 0 Å². The van der Waals surface area contributed by atoms with Crippen LogP contribution >= 0.6 is 0 Å². The van der Waals surface area contributed by atoms with Crippen molar-refractivity contribution in [2.45, 2.75) is 0 Å². The van der Waals surface area contributed by atoms with Crippen LogP contribution in [0.15, 0.2) is 309 Å². The lowest BCUT2D eigenvalue weighted by atomic mass is 10.1. The number of nitrogens with zero attached hydrogens (tertiary/aromatic N) is 5. The van der Waals surface area contributed by atoms with Crippen molar-refractivity contribution in [3.8, 4) is 51.0 Å². The van der Waals surface area contributed by atoms with Gasteiger partial charge in [0.05, 0.1) is 91.1 Å². The van der Waals surface area contributed by atoms with Crippen molar-refractivity contribution in [2.75, 3.05) is 0 Å². The van der Waals surface area contributed by atoms with Crippen LogP contribution in [0.5, 0.6) is 0 Å². The van der Waals surface area contributed by atoms with Crippen LogP contribution in [0.25, 0.3) is 116 Å². The molecule has 82 heavy (non-hydrogen) atoms. The van der Waals surface area contributed by atoms with Crippen LogP contribution in [0.3, 0.4) is 0 Å². The molecule has 12 aromatic carbocycles. The molecular formula is C76H51N5Si. The van der Waals surface area contributed by atoms with Crippen molar-refractivity contribution >= 4 is 94.2 Å². The van der Waals surface area contributed by atoms with Crippen LogP contribution in [0.1, 0.15) is 46.6 Å². The number of hydrogen-bond acceptors (Lipinski definition) is 2. The van der Waals surface area contributed by atoms with Gasteiger partial charge in [0.2, 0.25) is 5.95 Å². The minimum absolute atomic E-state index is 0.0498. The molecule has 0 amide bonds. The summed E-state index contributed by atoms with van der Waals surface area (Å²) in [5.74, 6) is -1.49. The Morgan fingerprint density at radius 1 is 0.293 bits per heavy atom. The molecular weight excluding hydrogens is 1010 g/mol. The molecule has 0 N–H and O–H groups in total. The van der Waals surface area contributed by atoms with E-state index < -0.39 is 296 Å². The largest absolute Gasteiger partial charge is 0.309 e. The number of para-hydroxylation sites is 6. The monoisotopic (exact) mass is 1100 g/mol. The van der Waals surface area contributed by atoms with Crippen LogP contribution in [-0.2, 0) is 0 Å². The van der Waals surface area contributed by atoms with E-state index in [-0.39, 0.29) is 49.1 Å². The first kappa shape index (κ1) is 24.4. The zero-order chi connectivity index (χ0) is 83.7. The zero-order valence-electron chi connectivity index (χ0n) is 76.1. The van der Waals surface area contributed by atoms with Crippen LogP contribution in [0.4, 0.5) is 0 Å². The first-order valence-corrected chi connectivity index (χ1v) is 27.3. The van der Waals surface area contributed by atoms with Gasteiger partial charge in [-0.1, -0.05) is 260 Å². The Kier molecular flexibility index (Phi) is 5.74. The summed E-state index contributed by atoms with van der Waals surface area (Å²) in [4.78, 5) is 10.3. The highest BCUT2D eigenvalue weighted by Crippen LogP contribution is 2.39. The lowest BCUT2D eigenvalue weighted by Gasteiger charge is -2.35. The Bertz CT molecular complexity index is 6640. The Morgan fingerprint density at radius 3 is 1.15 bits per heavy atom. The second-order valence-corrected chi connectivity index (χ2v) is 22.6. The van der Waals surface area contributed by atoms with Crippen molar-refractivity contribution in [1.29, 1.82) is 0 Å². The summed E-state index contributed by atoms with van der Waals surface area (Å²) < 4.78 is 318. The fraction of sp³-hybridized carbons (Fsp3) is 0. The molecule has 6 heteroatoms. The minimum atomic E-state index is -4.76. The SMILES string of the molecule is [2H]c1c([2H])c([2H])c(-c2cccc([Si](c3ccccc3)(c3cccc(-c4c([2H])c([2H])c([2H])c([2H])c4[2H])c3)c3ccc(-n4c5c([2H])c([2H])c([2H])c([2H])c5c5c([2H])c([2H])c([2H])c([2H])c54)c(-c4cc(-n5c6c([2H])c([2H])c([2H])c([2H])c6c6c([2H])c([2H])c([2H])c([2H])c65)nc(-n5c6c([2H])c([2H])c([2H])c([2H])c6c6c([2H])c([2H])c([2H])c([2H])c65)n4)c3)c2)c([2H])c1[2H]. The van der Waals surface area contributed by atoms with Gasteiger partial charge in [-0.05, 0) is 85.3 Å². The highest BCUT2D eigenvalue weighted by atomic mass is 28.3. The Balaban J connectivity index is 1.19. The molecule has 5 nitrogen and oxygen atoms in total. The molecule has 0 fully saturated rings. The number of fused-ring (bicyclic) bond motifs is 9. The fourth-order valence-electron chi connectivity index (χ4n) is 11.2. The van der Waals surface area contributed by atoms with Crippen LogP contribution < -0.4 is 20.7 Å². The highest BCUT2D eigenvalue weighted by Gasteiger charge is 2.43. The van der Waals surface area contributed by atoms with Gasteiger partial charge in [0, 0.05) is 43.9 Å². The van der Waals surface area contributed by atoms with Gasteiger partial charge in [-0.2, -0.15) is 4.98 Å². The molecule has 0 saturated carbocycles. The predicted molar refractivity (Wildman–Crippen MR) is 345 cm³/mol. The van der Waals surface area contributed by atoms with Crippen molar-refractivity contribution < 1.29 is 46.6 Å². The standard InChI is InChI=1S/C76H51N5Si/c1-4-24-52(25-5-1)54-28-22-32-57(48-54)82(56-30-8-3-9-31-56,58-33-23-29-55(49-58)53-26-6-2-7-27-53)59-46-47-74(79-68-40-16-10-34-60(68)61-35-11-17-41-69(61)79)66(50-59)67-51-75(80-70-42-18-12-36-62(70)63-37-13-19-43-71(63)80)78-76(77-67)81-72-44-20-14-38-64(72)65-39-15-21-45-73(65)81/h1-51H/i1D,2D,4D,5D,6D,7D,10D,11D,12D,13D,14D,15D,16D,17D,18D,19D,20D,21D,24D,25D,26D,27D,34D,35D,36D,37D,38D,39D,40D,41D,42D,43D,44D,45D.